The van der Waals surface area contributed by atoms with Gasteiger partial charge in [0.05, 0.1) is 5.52 Å². The molecule has 0 amide bonds. The van der Waals surface area contributed by atoms with Crippen molar-refractivity contribution in [3.63, 3.8) is 0 Å². The molecule has 1 aromatic carbocycles. The molecular formula is C14H17N3O2. The first-order valence-corrected chi connectivity index (χ1v) is 6.68. The number of hydrogen-bond acceptors (Lipinski definition) is 4. The van der Waals surface area contributed by atoms with E-state index in [2.05, 4.69) is 10.2 Å². The number of nitrogen functional groups attached to an aromatic ring is 1. The number of carbonyl (C=O) groups excluding carboxylic acids is 1. The van der Waals surface area contributed by atoms with Crippen LogP contribution in [0.2, 0.25) is 0 Å². The Morgan fingerprint density at radius 2 is 2.11 bits per heavy atom. The molecule has 0 atom stereocenters. The normalized spacial score (nSPS) is 16.6. The first-order chi connectivity index (χ1) is 9.24. The van der Waals surface area contributed by atoms with E-state index in [0.717, 1.165) is 36.6 Å². The summed E-state index contributed by atoms with van der Waals surface area (Å²) in [5.41, 5.74) is 7.48. The molecule has 3 rings (SSSR count). The lowest BCUT2D eigenvalue weighted by Crippen LogP contribution is -2.21. The molecule has 1 aromatic heterocycles. The van der Waals surface area contributed by atoms with Gasteiger partial charge in [0, 0.05) is 11.1 Å². The molecule has 19 heavy (non-hydrogen) atoms. The molecular weight excluding hydrogens is 242 g/mol. The van der Waals surface area contributed by atoms with Gasteiger partial charge >= 0.3 is 5.97 Å². The third-order valence-corrected chi connectivity index (χ3v) is 3.61. The number of nitrogens with zero attached hydrogens (tertiary/aromatic N) is 1. The van der Waals surface area contributed by atoms with Crippen LogP contribution in [-0.4, -0.2) is 22.3 Å². The maximum Gasteiger partial charge on any atom is 0.359 e. The fourth-order valence-corrected chi connectivity index (χ4v) is 2.58. The largest absolute Gasteiger partial charge is 0.458 e. The number of nitrogens with one attached hydrogen (secondary N) is 1. The number of esters is 1. The van der Waals surface area contributed by atoms with Gasteiger partial charge in [0.25, 0.3) is 0 Å². The predicted octanol–water partition coefficient (Wildman–Crippen LogP) is 2.63. The maximum absolute atomic E-state index is 12.2. The number of rotatable bonds is 2. The third-order valence-electron chi connectivity index (χ3n) is 3.61. The second-order valence-corrected chi connectivity index (χ2v) is 5.04. The topological polar surface area (TPSA) is 81.0 Å². The Labute approximate surface area is 111 Å². The number of nitrogens with two attached hydrogens (primary N) is 1. The van der Waals surface area contributed by atoms with E-state index >= 15 is 0 Å². The van der Waals surface area contributed by atoms with Crippen LogP contribution in [-0.2, 0) is 4.74 Å². The number of benzene rings is 1. The standard InChI is InChI=1S/C14H17N3O2/c15-9-6-7-12-11(8-9)13(17-16-12)14(18)19-10-4-2-1-3-5-10/h6-8,10H,1-5,15H2,(H,16,17). The molecule has 0 saturated heterocycles. The monoisotopic (exact) mass is 259 g/mol. The second kappa shape index (κ2) is 4.91. The lowest BCUT2D eigenvalue weighted by Gasteiger charge is -2.21. The quantitative estimate of drug-likeness (QED) is 0.641. The van der Waals surface area contributed by atoms with Gasteiger partial charge < -0.3 is 10.5 Å². The molecule has 1 aliphatic rings. The van der Waals surface area contributed by atoms with E-state index in [9.17, 15) is 4.79 Å². The average Bonchev–Trinajstić information content (AvgIpc) is 2.82. The van der Waals surface area contributed by atoms with Gasteiger partial charge in [0.15, 0.2) is 5.69 Å². The van der Waals surface area contributed by atoms with Crippen LogP contribution < -0.4 is 5.73 Å². The van der Waals surface area contributed by atoms with Gasteiger partial charge in [-0.3, -0.25) is 5.10 Å². The van der Waals surface area contributed by atoms with Crippen molar-refractivity contribution in [3.8, 4) is 0 Å². The van der Waals surface area contributed by atoms with Gasteiger partial charge in [0.1, 0.15) is 6.10 Å². The molecule has 0 spiro atoms. The van der Waals surface area contributed by atoms with Crippen molar-refractivity contribution in [1.29, 1.82) is 0 Å². The highest BCUT2D eigenvalue weighted by molar-refractivity contribution is 6.02. The molecule has 5 nitrogen and oxygen atoms in total. The number of H-pyrrole nitrogens is 1. The molecule has 3 N–H and O–H groups in total. The van der Waals surface area contributed by atoms with Crippen LogP contribution in [0.4, 0.5) is 5.69 Å². The molecule has 0 unspecified atom stereocenters. The fourth-order valence-electron chi connectivity index (χ4n) is 2.58. The summed E-state index contributed by atoms with van der Waals surface area (Å²) in [4.78, 5) is 12.2. The smallest absolute Gasteiger partial charge is 0.359 e. The summed E-state index contributed by atoms with van der Waals surface area (Å²) in [5.74, 6) is -0.358. The van der Waals surface area contributed by atoms with Crippen molar-refractivity contribution in [1.82, 2.24) is 10.2 Å². The van der Waals surface area contributed by atoms with Crippen LogP contribution in [0.3, 0.4) is 0 Å². The fraction of sp³-hybridized carbons (Fsp3) is 0.429. The first kappa shape index (κ1) is 12.0. The SMILES string of the molecule is Nc1ccc2[nH]nc(C(=O)OC3CCCCC3)c2c1. The molecule has 1 fully saturated rings. The Morgan fingerprint density at radius 3 is 2.89 bits per heavy atom. The molecule has 2 aromatic rings. The van der Waals surface area contributed by atoms with E-state index in [1.165, 1.54) is 6.42 Å². The lowest BCUT2D eigenvalue weighted by molar-refractivity contribution is 0.0206. The number of hydrogen-bond donors (Lipinski definition) is 2. The van der Waals surface area contributed by atoms with Crippen LogP contribution in [0, 0.1) is 0 Å². The number of carbonyl (C=O) groups is 1. The third kappa shape index (κ3) is 2.41. The highest BCUT2D eigenvalue weighted by Gasteiger charge is 2.22. The summed E-state index contributed by atoms with van der Waals surface area (Å²) in [6, 6.07) is 5.34. The minimum absolute atomic E-state index is 0.0362. The summed E-state index contributed by atoms with van der Waals surface area (Å²) in [5, 5.41) is 7.60. The van der Waals surface area contributed by atoms with Crippen molar-refractivity contribution in [2.45, 2.75) is 38.2 Å². The van der Waals surface area contributed by atoms with E-state index in [1.807, 2.05) is 6.07 Å². The Hall–Kier alpha value is -2.04. The highest BCUT2D eigenvalue weighted by atomic mass is 16.5. The van der Waals surface area contributed by atoms with Crippen molar-refractivity contribution in [3.05, 3.63) is 23.9 Å². The van der Waals surface area contributed by atoms with Gasteiger partial charge in [-0.1, -0.05) is 6.42 Å². The summed E-state index contributed by atoms with van der Waals surface area (Å²) in [7, 11) is 0. The molecule has 1 saturated carbocycles. The van der Waals surface area contributed by atoms with Crippen molar-refractivity contribution in [2.75, 3.05) is 5.73 Å². The lowest BCUT2D eigenvalue weighted by atomic mass is 9.98. The van der Waals surface area contributed by atoms with E-state index in [-0.39, 0.29) is 12.1 Å². The Morgan fingerprint density at radius 1 is 1.32 bits per heavy atom. The summed E-state index contributed by atoms with van der Waals surface area (Å²) >= 11 is 0. The number of aromatic nitrogens is 2. The van der Waals surface area contributed by atoms with Gasteiger partial charge in [-0.05, 0) is 43.9 Å². The van der Waals surface area contributed by atoms with Crippen molar-refractivity contribution >= 4 is 22.6 Å². The Bertz CT molecular complexity index is 600. The van der Waals surface area contributed by atoms with Crippen LogP contribution in [0.1, 0.15) is 42.6 Å². The van der Waals surface area contributed by atoms with E-state index < -0.39 is 0 Å². The average molecular weight is 259 g/mol. The number of anilines is 1. The Balaban J connectivity index is 1.82. The molecule has 0 bridgehead atoms. The Kier molecular flexibility index (Phi) is 3.11. The zero-order valence-electron chi connectivity index (χ0n) is 10.7. The van der Waals surface area contributed by atoms with Crippen LogP contribution in [0.5, 0.6) is 0 Å². The zero-order valence-corrected chi connectivity index (χ0v) is 10.7. The summed E-state index contributed by atoms with van der Waals surface area (Å²) < 4.78 is 5.52. The van der Waals surface area contributed by atoms with Crippen LogP contribution >= 0.6 is 0 Å². The first-order valence-electron chi connectivity index (χ1n) is 6.68. The number of aromatic amines is 1. The minimum atomic E-state index is -0.358. The van der Waals surface area contributed by atoms with Crippen LogP contribution in [0.15, 0.2) is 18.2 Å². The van der Waals surface area contributed by atoms with Gasteiger partial charge in [0.2, 0.25) is 0 Å². The summed E-state index contributed by atoms with van der Waals surface area (Å²) in [6.45, 7) is 0. The van der Waals surface area contributed by atoms with Gasteiger partial charge in [-0.2, -0.15) is 5.10 Å². The van der Waals surface area contributed by atoms with Crippen LogP contribution in [0.25, 0.3) is 10.9 Å². The van der Waals surface area contributed by atoms with E-state index in [0.29, 0.717) is 11.4 Å². The molecule has 1 aliphatic carbocycles. The summed E-state index contributed by atoms with van der Waals surface area (Å²) in [6.07, 6.45) is 5.44. The van der Waals surface area contributed by atoms with Crippen molar-refractivity contribution in [2.24, 2.45) is 0 Å². The second-order valence-electron chi connectivity index (χ2n) is 5.04. The van der Waals surface area contributed by atoms with Crippen molar-refractivity contribution < 1.29 is 9.53 Å². The number of fused-ring (bicyclic) bond motifs is 1. The van der Waals surface area contributed by atoms with Gasteiger partial charge in [-0.25, -0.2) is 4.79 Å². The maximum atomic E-state index is 12.2. The molecule has 5 heteroatoms. The molecule has 100 valence electrons. The predicted molar refractivity (Wildman–Crippen MR) is 72.8 cm³/mol. The number of ether oxygens (including phenoxy) is 1. The van der Waals surface area contributed by atoms with E-state index in [4.69, 9.17) is 10.5 Å². The molecule has 0 radical (unpaired) electrons. The zero-order chi connectivity index (χ0) is 13.2. The highest BCUT2D eigenvalue weighted by Crippen LogP contribution is 2.24. The molecule has 1 heterocycles. The molecule has 0 aliphatic heterocycles. The van der Waals surface area contributed by atoms with E-state index in [1.54, 1.807) is 12.1 Å². The minimum Gasteiger partial charge on any atom is -0.458 e. The van der Waals surface area contributed by atoms with Gasteiger partial charge in [-0.15, -0.1) is 0 Å².